The Morgan fingerprint density at radius 3 is 2.67 bits per heavy atom. The first-order chi connectivity index (χ1) is 10.3. The van der Waals surface area contributed by atoms with Gasteiger partial charge in [-0.3, -0.25) is 0 Å². The fourth-order valence-electron chi connectivity index (χ4n) is 2.09. The van der Waals surface area contributed by atoms with Gasteiger partial charge in [-0.15, -0.1) is 0 Å². The van der Waals surface area contributed by atoms with E-state index in [1.54, 1.807) is 6.20 Å². The van der Waals surface area contributed by atoms with E-state index in [0.29, 0.717) is 6.10 Å². The second kappa shape index (κ2) is 8.60. The molecule has 0 saturated carbocycles. The Morgan fingerprint density at radius 2 is 2.00 bits per heavy atom. The van der Waals surface area contributed by atoms with Crippen molar-refractivity contribution in [1.82, 2.24) is 15.1 Å². The Morgan fingerprint density at radius 1 is 1.19 bits per heavy atom. The van der Waals surface area contributed by atoms with Crippen molar-refractivity contribution >= 4 is 0 Å². The number of unbranched alkanes of at least 4 members (excludes halogenated alkanes) is 1. The van der Waals surface area contributed by atoms with Crippen molar-refractivity contribution in [3.05, 3.63) is 48.3 Å². The van der Waals surface area contributed by atoms with Crippen LogP contribution in [0.2, 0.25) is 0 Å². The highest BCUT2D eigenvalue weighted by atomic mass is 16.5. The van der Waals surface area contributed by atoms with Gasteiger partial charge in [-0.1, -0.05) is 12.1 Å². The quantitative estimate of drug-likeness (QED) is 0.720. The number of aromatic nitrogens is 2. The third-order valence-electron chi connectivity index (χ3n) is 3.23. The van der Waals surface area contributed by atoms with Crippen LogP contribution in [-0.2, 0) is 11.3 Å². The number of nitrogens with zero attached hydrogens (tertiary/aromatic N) is 2. The number of ether oxygens (including phenoxy) is 1. The lowest BCUT2D eigenvalue weighted by Gasteiger charge is -2.08. The van der Waals surface area contributed by atoms with Crippen LogP contribution in [0.3, 0.4) is 0 Å². The Balaban J connectivity index is 1.63. The van der Waals surface area contributed by atoms with E-state index in [1.807, 2.05) is 16.9 Å². The smallest absolute Gasteiger partial charge is 0.0645 e. The van der Waals surface area contributed by atoms with Crippen LogP contribution in [0, 0.1) is 0 Å². The van der Waals surface area contributed by atoms with E-state index >= 15 is 0 Å². The zero-order valence-corrected chi connectivity index (χ0v) is 13.0. The molecule has 0 aliphatic carbocycles. The van der Waals surface area contributed by atoms with Gasteiger partial charge in [0.15, 0.2) is 0 Å². The van der Waals surface area contributed by atoms with Gasteiger partial charge in [0.1, 0.15) is 0 Å². The van der Waals surface area contributed by atoms with Gasteiger partial charge in [0.2, 0.25) is 0 Å². The first-order valence-corrected chi connectivity index (χ1v) is 7.67. The average molecular weight is 287 g/mol. The van der Waals surface area contributed by atoms with E-state index in [-0.39, 0.29) is 0 Å². The van der Waals surface area contributed by atoms with Gasteiger partial charge in [0.05, 0.1) is 11.8 Å². The second-order valence-corrected chi connectivity index (χ2v) is 5.42. The summed E-state index contributed by atoms with van der Waals surface area (Å²) < 4.78 is 7.39. The predicted molar refractivity (Wildman–Crippen MR) is 85.6 cm³/mol. The SMILES string of the molecule is CC(C)OCCCCNCc1ccc(-n2cccn2)cc1. The van der Waals surface area contributed by atoms with Gasteiger partial charge in [-0.2, -0.15) is 5.10 Å². The van der Waals surface area contributed by atoms with E-state index < -0.39 is 0 Å². The summed E-state index contributed by atoms with van der Waals surface area (Å²) in [4.78, 5) is 0. The van der Waals surface area contributed by atoms with Crippen molar-refractivity contribution in [3.63, 3.8) is 0 Å². The van der Waals surface area contributed by atoms with Gasteiger partial charge in [0.25, 0.3) is 0 Å². The topological polar surface area (TPSA) is 39.1 Å². The van der Waals surface area contributed by atoms with Gasteiger partial charge in [0, 0.05) is 25.5 Å². The maximum atomic E-state index is 5.52. The van der Waals surface area contributed by atoms with Crippen molar-refractivity contribution in [2.24, 2.45) is 0 Å². The van der Waals surface area contributed by atoms with Gasteiger partial charge in [-0.05, 0) is 57.0 Å². The summed E-state index contributed by atoms with van der Waals surface area (Å²) in [5.74, 6) is 0. The molecule has 0 atom stereocenters. The molecule has 0 unspecified atom stereocenters. The summed E-state index contributed by atoms with van der Waals surface area (Å²) >= 11 is 0. The molecule has 1 aromatic heterocycles. The molecule has 0 spiro atoms. The Labute approximate surface area is 127 Å². The third-order valence-corrected chi connectivity index (χ3v) is 3.23. The highest BCUT2D eigenvalue weighted by Gasteiger charge is 1.97. The molecule has 2 aromatic rings. The van der Waals surface area contributed by atoms with Crippen LogP contribution in [0.1, 0.15) is 32.3 Å². The van der Waals surface area contributed by atoms with Crippen LogP contribution < -0.4 is 5.32 Å². The van der Waals surface area contributed by atoms with Gasteiger partial charge < -0.3 is 10.1 Å². The Bertz CT molecular complexity index is 491. The molecule has 4 heteroatoms. The minimum atomic E-state index is 0.339. The number of benzene rings is 1. The zero-order valence-electron chi connectivity index (χ0n) is 13.0. The van der Waals surface area contributed by atoms with E-state index in [1.165, 1.54) is 5.56 Å². The highest BCUT2D eigenvalue weighted by molar-refractivity contribution is 5.33. The fourth-order valence-corrected chi connectivity index (χ4v) is 2.09. The van der Waals surface area contributed by atoms with Crippen molar-refractivity contribution < 1.29 is 4.74 Å². The summed E-state index contributed by atoms with van der Waals surface area (Å²) in [6, 6.07) is 10.4. The molecule has 1 N–H and O–H groups in total. The van der Waals surface area contributed by atoms with Crippen LogP contribution in [-0.4, -0.2) is 29.0 Å². The van der Waals surface area contributed by atoms with Crippen LogP contribution in [0.25, 0.3) is 5.69 Å². The predicted octanol–water partition coefficient (Wildman–Crippen LogP) is 3.17. The second-order valence-electron chi connectivity index (χ2n) is 5.42. The van der Waals surface area contributed by atoms with Gasteiger partial charge in [-0.25, -0.2) is 4.68 Å². The van der Waals surface area contributed by atoms with Crippen molar-refractivity contribution in [3.8, 4) is 5.69 Å². The first kappa shape index (κ1) is 15.7. The van der Waals surface area contributed by atoms with E-state index in [0.717, 1.165) is 38.2 Å². The van der Waals surface area contributed by atoms with Crippen molar-refractivity contribution in [2.45, 2.75) is 39.3 Å². The summed E-state index contributed by atoms with van der Waals surface area (Å²) in [5.41, 5.74) is 2.39. The van der Waals surface area contributed by atoms with Crippen molar-refractivity contribution in [1.29, 1.82) is 0 Å². The lowest BCUT2D eigenvalue weighted by molar-refractivity contribution is 0.0760. The normalized spacial score (nSPS) is 11.2. The molecular weight excluding hydrogens is 262 g/mol. The Kier molecular flexibility index (Phi) is 6.44. The molecule has 114 valence electrons. The molecular formula is C17H25N3O. The molecule has 4 nitrogen and oxygen atoms in total. The van der Waals surface area contributed by atoms with Crippen LogP contribution in [0.4, 0.5) is 0 Å². The molecule has 0 fully saturated rings. The van der Waals surface area contributed by atoms with Gasteiger partial charge >= 0.3 is 0 Å². The largest absolute Gasteiger partial charge is 0.379 e. The zero-order chi connectivity index (χ0) is 14.9. The molecule has 21 heavy (non-hydrogen) atoms. The molecule has 0 amide bonds. The molecule has 0 bridgehead atoms. The number of nitrogens with one attached hydrogen (secondary N) is 1. The lowest BCUT2D eigenvalue weighted by Crippen LogP contribution is -2.15. The molecule has 1 heterocycles. The van der Waals surface area contributed by atoms with Crippen LogP contribution >= 0.6 is 0 Å². The van der Waals surface area contributed by atoms with E-state index in [4.69, 9.17) is 4.74 Å². The summed E-state index contributed by atoms with van der Waals surface area (Å²) in [7, 11) is 0. The van der Waals surface area contributed by atoms with E-state index in [9.17, 15) is 0 Å². The third kappa shape index (κ3) is 5.69. The molecule has 0 saturated heterocycles. The van der Waals surface area contributed by atoms with Crippen molar-refractivity contribution in [2.75, 3.05) is 13.2 Å². The summed E-state index contributed by atoms with van der Waals surface area (Å²) in [6.45, 7) is 6.95. The number of hydrogen-bond donors (Lipinski definition) is 1. The molecule has 1 aromatic carbocycles. The lowest BCUT2D eigenvalue weighted by atomic mass is 10.2. The summed E-state index contributed by atoms with van der Waals surface area (Å²) in [5, 5.41) is 7.69. The van der Waals surface area contributed by atoms with Crippen LogP contribution in [0.15, 0.2) is 42.7 Å². The Hall–Kier alpha value is -1.65. The van der Waals surface area contributed by atoms with Crippen LogP contribution in [0.5, 0.6) is 0 Å². The minimum Gasteiger partial charge on any atom is -0.379 e. The molecule has 0 aliphatic rings. The molecule has 0 aliphatic heterocycles. The minimum absolute atomic E-state index is 0.339. The van der Waals surface area contributed by atoms with E-state index in [2.05, 4.69) is 48.5 Å². The summed E-state index contributed by atoms with van der Waals surface area (Å²) in [6.07, 6.45) is 6.35. The number of rotatable bonds is 9. The maximum absolute atomic E-state index is 5.52. The average Bonchev–Trinajstić information content (AvgIpc) is 3.01. The fraction of sp³-hybridized carbons (Fsp3) is 0.471. The highest BCUT2D eigenvalue weighted by Crippen LogP contribution is 2.08. The first-order valence-electron chi connectivity index (χ1n) is 7.67. The number of hydrogen-bond acceptors (Lipinski definition) is 3. The molecule has 2 rings (SSSR count). The monoisotopic (exact) mass is 287 g/mol. The maximum Gasteiger partial charge on any atom is 0.0645 e. The standard InChI is InChI=1S/C17H25N3O/c1-15(2)21-13-4-3-10-18-14-16-6-8-17(9-7-16)20-12-5-11-19-20/h5-9,11-12,15,18H,3-4,10,13-14H2,1-2H3. The molecule has 0 radical (unpaired) electrons.